The zero-order chi connectivity index (χ0) is 19.7. The number of hydrogen-bond donors (Lipinski definition) is 2. The first-order valence-electron chi connectivity index (χ1n) is 8.60. The van der Waals surface area contributed by atoms with E-state index in [2.05, 4.69) is 5.32 Å². The van der Waals surface area contributed by atoms with Crippen LogP contribution >= 0.6 is 34.7 Å². The van der Waals surface area contributed by atoms with Crippen LogP contribution in [0.25, 0.3) is 5.70 Å². The van der Waals surface area contributed by atoms with Gasteiger partial charge < -0.3 is 15.2 Å². The summed E-state index contributed by atoms with van der Waals surface area (Å²) in [5.41, 5.74) is 1.87. The molecular formula is C21H16ClNO3S2. The minimum atomic E-state index is -0.102. The number of halogens is 1. The number of carbonyl (C=O) groups is 1. The SMILES string of the molecule is CCOc1ccc2c(c1)SC(C(=O)c1cccs1)=C(c1cc(Cl)ccc1O)N2. The fourth-order valence-electron chi connectivity index (χ4n) is 2.88. The molecule has 0 aliphatic carbocycles. The van der Waals surface area contributed by atoms with Crippen molar-refractivity contribution in [2.45, 2.75) is 11.8 Å². The number of aromatic hydroxyl groups is 1. The molecule has 3 aromatic rings. The van der Waals surface area contributed by atoms with Gasteiger partial charge in [-0.3, -0.25) is 4.79 Å². The Balaban J connectivity index is 1.85. The van der Waals surface area contributed by atoms with Crippen molar-refractivity contribution in [3.63, 3.8) is 0 Å². The maximum absolute atomic E-state index is 13.2. The molecule has 0 spiro atoms. The fraction of sp³-hybridized carbons (Fsp3) is 0.0952. The predicted molar refractivity (Wildman–Crippen MR) is 116 cm³/mol. The predicted octanol–water partition coefficient (Wildman–Crippen LogP) is 6.28. The van der Waals surface area contributed by atoms with Crippen LogP contribution in [0.5, 0.6) is 11.5 Å². The van der Waals surface area contributed by atoms with Gasteiger partial charge in [0.15, 0.2) is 0 Å². The highest BCUT2D eigenvalue weighted by Crippen LogP contribution is 2.47. The number of thioether (sulfide) groups is 1. The molecule has 28 heavy (non-hydrogen) atoms. The van der Waals surface area contributed by atoms with Gasteiger partial charge in [-0.2, -0.15) is 0 Å². The van der Waals surface area contributed by atoms with Crippen LogP contribution < -0.4 is 10.1 Å². The highest BCUT2D eigenvalue weighted by Gasteiger charge is 2.28. The Hall–Kier alpha value is -2.41. The van der Waals surface area contributed by atoms with E-state index in [1.807, 2.05) is 36.6 Å². The molecular weight excluding hydrogens is 414 g/mol. The van der Waals surface area contributed by atoms with Crippen molar-refractivity contribution in [3.8, 4) is 11.5 Å². The molecule has 0 atom stereocenters. The van der Waals surface area contributed by atoms with Crippen LogP contribution in [0.1, 0.15) is 22.2 Å². The van der Waals surface area contributed by atoms with Crippen molar-refractivity contribution in [2.75, 3.05) is 11.9 Å². The second kappa shape index (κ2) is 7.91. The third-order valence-electron chi connectivity index (χ3n) is 4.14. The van der Waals surface area contributed by atoms with E-state index in [0.717, 1.165) is 16.3 Å². The molecule has 0 saturated carbocycles. The molecule has 4 rings (SSSR count). The molecule has 1 aromatic heterocycles. The van der Waals surface area contributed by atoms with Crippen LogP contribution in [0.15, 0.2) is 63.7 Å². The second-order valence-electron chi connectivity index (χ2n) is 5.99. The standard InChI is InChI=1S/C21H16ClNO3S2/c1-2-26-13-6-7-15-18(11-13)28-21(20(25)17-4-3-9-27-17)19(23-15)14-10-12(22)5-8-16(14)24/h3-11,23-24H,2H2,1H3. The van der Waals surface area contributed by atoms with Crippen LogP contribution in [0.4, 0.5) is 5.69 Å². The quantitative estimate of drug-likeness (QED) is 0.468. The number of phenols is 1. The van der Waals surface area contributed by atoms with Crippen molar-refractivity contribution in [3.05, 3.63) is 74.3 Å². The van der Waals surface area contributed by atoms with Gasteiger partial charge in [-0.05, 0) is 54.8 Å². The van der Waals surface area contributed by atoms with Gasteiger partial charge in [-0.25, -0.2) is 0 Å². The van der Waals surface area contributed by atoms with Crippen LogP contribution in [-0.2, 0) is 0 Å². The number of Topliss-reactive ketones (excluding diaryl/α,β-unsaturated/α-hetero) is 1. The number of rotatable bonds is 5. The largest absolute Gasteiger partial charge is 0.507 e. The van der Waals surface area contributed by atoms with E-state index in [-0.39, 0.29) is 11.5 Å². The van der Waals surface area contributed by atoms with Crippen LogP contribution in [0, 0.1) is 0 Å². The van der Waals surface area contributed by atoms with Crippen LogP contribution in [-0.4, -0.2) is 17.5 Å². The number of ether oxygens (including phenoxy) is 1. The number of allylic oxidation sites excluding steroid dienone is 1. The zero-order valence-electron chi connectivity index (χ0n) is 14.9. The number of phenolic OH excluding ortho intramolecular Hbond substituents is 1. The molecule has 0 unspecified atom stereocenters. The van der Waals surface area contributed by atoms with E-state index < -0.39 is 0 Å². The summed E-state index contributed by atoms with van der Waals surface area (Å²) in [5.74, 6) is 0.695. The number of benzene rings is 2. The summed E-state index contributed by atoms with van der Waals surface area (Å²) in [6.45, 7) is 2.49. The van der Waals surface area contributed by atoms with E-state index in [1.54, 1.807) is 18.2 Å². The summed E-state index contributed by atoms with van der Waals surface area (Å²) in [6, 6.07) is 14.1. The number of thiophene rings is 1. The summed E-state index contributed by atoms with van der Waals surface area (Å²) in [7, 11) is 0. The Morgan fingerprint density at radius 1 is 1.21 bits per heavy atom. The topological polar surface area (TPSA) is 58.6 Å². The van der Waals surface area contributed by atoms with Crippen molar-refractivity contribution in [2.24, 2.45) is 0 Å². The van der Waals surface area contributed by atoms with Gasteiger partial charge in [-0.15, -0.1) is 11.3 Å². The number of fused-ring (bicyclic) bond motifs is 1. The van der Waals surface area contributed by atoms with Gasteiger partial charge in [0.2, 0.25) is 5.78 Å². The summed E-state index contributed by atoms with van der Waals surface area (Å²) >= 11 is 8.90. The number of ketones is 1. The lowest BCUT2D eigenvalue weighted by atomic mass is 10.1. The third kappa shape index (κ3) is 3.63. The Kier molecular flexibility index (Phi) is 5.35. The molecule has 0 saturated heterocycles. The number of carbonyl (C=O) groups excluding carboxylic acids is 1. The van der Waals surface area contributed by atoms with E-state index in [0.29, 0.717) is 32.7 Å². The fourth-order valence-corrected chi connectivity index (χ4v) is 4.87. The van der Waals surface area contributed by atoms with Gasteiger partial charge in [0.25, 0.3) is 0 Å². The molecule has 1 aliphatic heterocycles. The maximum atomic E-state index is 13.2. The van der Waals surface area contributed by atoms with E-state index >= 15 is 0 Å². The molecule has 0 fully saturated rings. The first-order valence-corrected chi connectivity index (χ1v) is 10.7. The summed E-state index contributed by atoms with van der Waals surface area (Å²) in [6.07, 6.45) is 0. The smallest absolute Gasteiger partial charge is 0.211 e. The van der Waals surface area contributed by atoms with Crippen molar-refractivity contribution in [1.29, 1.82) is 0 Å². The van der Waals surface area contributed by atoms with Gasteiger partial charge in [0.1, 0.15) is 11.5 Å². The number of hydrogen-bond acceptors (Lipinski definition) is 6. The second-order valence-corrected chi connectivity index (χ2v) is 8.43. The molecule has 2 heterocycles. The number of nitrogens with one attached hydrogen (secondary N) is 1. The molecule has 2 N–H and O–H groups in total. The molecule has 0 radical (unpaired) electrons. The minimum Gasteiger partial charge on any atom is -0.507 e. The van der Waals surface area contributed by atoms with E-state index in [1.165, 1.54) is 29.2 Å². The molecule has 0 amide bonds. The van der Waals surface area contributed by atoms with Crippen LogP contribution in [0.2, 0.25) is 5.02 Å². The normalized spacial score (nSPS) is 13.1. The van der Waals surface area contributed by atoms with Crippen LogP contribution in [0.3, 0.4) is 0 Å². The van der Waals surface area contributed by atoms with Crippen molar-refractivity contribution in [1.82, 2.24) is 0 Å². The minimum absolute atomic E-state index is 0.0540. The third-order valence-corrected chi connectivity index (χ3v) is 6.40. The molecule has 0 bridgehead atoms. The van der Waals surface area contributed by atoms with Gasteiger partial charge in [-0.1, -0.05) is 29.4 Å². The van der Waals surface area contributed by atoms with Gasteiger partial charge >= 0.3 is 0 Å². The van der Waals surface area contributed by atoms with E-state index in [9.17, 15) is 9.90 Å². The van der Waals surface area contributed by atoms with Crippen molar-refractivity contribution < 1.29 is 14.6 Å². The lowest BCUT2D eigenvalue weighted by Crippen LogP contribution is -2.13. The highest BCUT2D eigenvalue weighted by atomic mass is 35.5. The Morgan fingerprint density at radius 3 is 2.82 bits per heavy atom. The van der Waals surface area contributed by atoms with Gasteiger partial charge in [0, 0.05) is 15.5 Å². The van der Waals surface area contributed by atoms with Gasteiger partial charge in [0.05, 0.1) is 27.8 Å². The summed E-state index contributed by atoms with van der Waals surface area (Å²) in [5, 5.41) is 16.1. The first kappa shape index (κ1) is 18.9. The maximum Gasteiger partial charge on any atom is 0.211 e. The average Bonchev–Trinajstić information content (AvgIpc) is 3.23. The van der Waals surface area contributed by atoms with Crippen molar-refractivity contribution >= 4 is 51.9 Å². The number of anilines is 1. The first-order chi connectivity index (χ1) is 13.6. The Morgan fingerprint density at radius 2 is 2.07 bits per heavy atom. The summed E-state index contributed by atoms with van der Waals surface area (Å²) < 4.78 is 5.59. The highest BCUT2D eigenvalue weighted by molar-refractivity contribution is 8.04. The lowest BCUT2D eigenvalue weighted by Gasteiger charge is -2.24. The van der Waals surface area contributed by atoms with E-state index in [4.69, 9.17) is 16.3 Å². The molecule has 4 nitrogen and oxygen atoms in total. The summed E-state index contributed by atoms with van der Waals surface area (Å²) in [4.78, 5) is 15.2. The average molecular weight is 430 g/mol. The molecule has 1 aliphatic rings. The molecule has 2 aromatic carbocycles. The Bertz CT molecular complexity index is 1080. The Labute approximate surface area is 175 Å². The molecule has 7 heteroatoms. The monoisotopic (exact) mass is 429 g/mol. The zero-order valence-corrected chi connectivity index (χ0v) is 17.3. The molecule has 142 valence electrons. The lowest BCUT2D eigenvalue weighted by molar-refractivity contribution is 0.104.